The lowest BCUT2D eigenvalue weighted by atomic mass is 10.2. The van der Waals surface area contributed by atoms with Crippen LogP contribution in [-0.4, -0.2) is 23.4 Å². The van der Waals surface area contributed by atoms with Crippen molar-refractivity contribution in [1.82, 2.24) is 0 Å². The Balaban J connectivity index is 3.86. The minimum Gasteiger partial charge on any atom is -0.387 e. The molecule has 0 aromatic heterocycles. The van der Waals surface area contributed by atoms with Crippen LogP contribution in [0.2, 0.25) is 0 Å². The molecule has 0 aromatic rings. The van der Waals surface area contributed by atoms with Crippen LogP contribution in [0.1, 0.15) is 27.2 Å². The molecule has 11 heavy (non-hydrogen) atoms. The van der Waals surface area contributed by atoms with E-state index in [-0.39, 0.29) is 4.75 Å². The zero-order chi connectivity index (χ0) is 8.91. The van der Waals surface area contributed by atoms with Crippen LogP contribution in [0.5, 0.6) is 0 Å². The Morgan fingerprint density at radius 2 is 2.09 bits per heavy atom. The molecule has 0 rings (SSSR count). The van der Waals surface area contributed by atoms with Gasteiger partial charge >= 0.3 is 0 Å². The molecule has 2 N–H and O–H groups in total. The molecule has 0 atom stereocenters. The van der Waals surface area contributed by atoms with Crippen molar-refractivity contribution in [2.24, 2.45) is 10.7 Å². The average molecular weight is 174 g/mol. The molecule has 0 bridgehead atoms. The fourth-order valence-corrected chi connectivity index (χ4v) is 0.662. The molecule has 0 fully saturated rings. The van der Waals surface area contributed by atoms with E-state index in [4.69, 9.17) is 5.73 Å². The van der Waals surface area contributed by atoms with Crippen LogP contribution in [-0.2, 0) is 0 Å². The van der Waals surface area contributed by atoms with Crippen LogP contribution < -0.4 is 5.73 Å². The van der Waals surface area contributed by atoms with Gasteiger partial charge in [0.2, 0.25) is 0 Å². The highest BCUT2D eigenvalue weighted by atomic mass is 32.2. The van der Waals surface area contributed by atoms with Crippen LogP contribution in [0.4, 0.5) is 0 Å². The highest BCUT2D eigenvalue weighted by molar-refractivity contribution is 7.99. The van der Waals surface area contributed by atoms with Crippen molar-refractivity contribution in [2.75, 3.05) is 12.8 Å². The molecule has 0 aromatic carbocycles. The molecule has 0 saturated heterocycles. The van der Waals surface area contributed by atoms with Gasteiger partial charge in [-0.3, -0.25) is 4.99 Å². The number of nitrogens with zero attached hydrogens (tertiary/aromatic N) is 1. The number of aliphatic imine (C=N–C) groups is 1. The third-order valence-electron chi connectivity index (χ3n) is 1.58. The second-order valence-electron chi connectivity index (χ2n) is 3.12. The molecular formula is C8H18N2S. The molecule has 0 unspecified atom stereocenters. The Bertz CT molecular complexity index is 141. The van der Waals surface area contributed by atoms with Crippen molar-refractivity contribution in [1.29, 1.82) is 0 Å². The molecule has 0 saturated carbocycles. The van der Waals surface area contributed by atoms with Crippen LogP contribution in [0.15, 0.2) is 4.99 Å². The molecule has 0 aliphatic rings. The minimum absolute atomic E-state index is 0.222. The van der Waals surface area contributed by atoms with Gasteiger partial charge in [0.05, 0.1) is 12.4 Å². The Morgan fingerprint density at radius 3 is 2.45 bits per heavy atom. The number of rotatable bonds is 4. The van der Waals surface area contributed by atoms with Gasteiger partial charge < -0.3 is 5.73 Å². The molecule has 0 radical (unpaired) electrons. The van der Waals surface area contributed by atoms with Gasteiger partial charge in [-0.05, 0) is 20.1 Å². The summed E-state index contributed by atoms with van der Waals surface area (Å²) in [7, 11) is 0. The van der Waals surface area contributed by atoms with Crippen molar-refractivity contribution in [3.05, 3.63) is 0 Å². The van der Waals surface area contributed by atoms with Crippen molar-refractivity contribution in [2.45, 2.75) is 31.9 Å². The molecule has 0 aliphatic heterocycles. The average Bonchev–Trinajstić information content (AvgIpc) is 2.00. The van der Waals surface area contributed by atoms with Gasteiger partial charge in [0, 0.05) is 11.2 Å². The monoisotopic (exact) mass is 174 g/mol. The Labute approximate surface area is 73.7 Å². The molecule has 3 heteroatoms. The summed E-state index contributed by atoms with van der Waals surface area (Å²) in [6.45, 7) is 7.17. The maximum absolute atomic E-state index is 5.58. The van der Waals surface area contributed by atoms with E-state index in [2.05, 4.69) is 25.1 Å². The van der Waals surface area contributed by atoms with E-state index >= 15 is 0 Å². The first kappa shape index (κ1) is 10.8. The number of thioether (sulfide) groups is 1. The normalized spacial score (nSPS) is 13.6. The zero-order valence-electron chi connectivity index (χ0n) is 7.85. The topological polar surface area (TPSA) is 38.4 Å². The van der Waals surface area contributed by atoms with E-state index in [1.54, 1.807) is 0 Å². The SMILES string of the molecule is CCC(N)=NCC(C)(C)SC. The number of hydrogen-bond donors (Lipinski definition) is 1. The summed E-state index contributed by atoms with van der Waals surface area (Å²) in [6.07, 6.45) is 2.95. The lowest BCUT2D eigenvalue weighted by Gasteiger charge is -2.18. The summed E-state index contributed by atoms with van der Waals surface area (Å²) in [5, 5.41) is 0. The maximum Gasteiger partial charge on any atom is 0.0934 e. The van der Waals surface area contributed by atoms with Crippen LogP contribution in [0.25, 0.3) is 0 Å². The summed E-state index contributed by atoms with van der Waals surface area (Å²) in [4.78, 5) is 4.26. The fourth-order valence-electron chi connectivity index (χ4n) is 0.468. The second kappa shape index (κ2) is 4.65. The van der Waals surface area contributed by atoms with Gasteiger partial charge in [-0.1, -0.05) is 6.92 Å². The number of hydrogen-bond acceptors (Lipinski definition) is 2. The maximum atomic E-state index is 5.58. The van der Waals surface area contributed by atoms with Gasteiger partial charge in [0.25, 0.3) is 0 Å². The Hall–Kier alpha value is -0.180. The lowest BCUT2D eigenvalue weighted by Crippen LogP contribution is -2.21. The first-order chi connectivity index (χ1) is 5.02. The second-order valence-corrected chi connectivity index (χ2v) is 4.64. The third-order valence-corrected chi connectivity index (χ3v) is 2.81. The minimum atomic E-state index is 0.222. The van der Waals surface area contributed by atoms with E-state index in [9.17, 15) is 0 Å². The summed E-state index contributed by atoms with van der Waals surface area (Å²) in [6, 6.07) is 0. The van der Waals surface area contributed by atoms with Crippen LogP contribution in [0, 0.1) is 0 Å². The summed E-state index contributed by atoms with van der Waals surface area (Å²) in [5.41, 5.74) is 5.58. The Morgan fingerprint density at radius 1 is 1.55 bits per heavy atom. The van der Waals surface area contributed by atoms with Gasteiger partial charge in [-0.15, -0.1) is 0 Å². The molecule has 0 heterocycles. The lowest BCUT2D eigenvalue weighted by molar-refractivity contribution is 0.724. The highest BCUT2D eigenvalue weighted by Gasteiger charge is 2.14. The Kier molecular flexibility index (Phi) is 4.57. The van der Waals surface area contributed by atoms with Crippen molar-refractivity contribution < 1.29 is 0 Å². The van der Waals surface area contributed by atoms with E-state index in [0.29, 0.717) is 0 Å². The molecule has 0 aliphatic carbocycles. The first-order valence-electron chi connectivity index (χ1n) is 3.86. The number of amidine groups is 1. The molecule has 66 valence electrons. The van der Waals surface area contributed by atoms with Gasteiger partial charge in [0.15, 0.2) is 0 Å². The molecular weight excluding hydrogens is 156 g/mol. The zero-order valence-corrected chi connectivity index (χ0v) is 8.66. The van der Waals surface area contributed by atoms with Gasteiger partial charge in [0.1, 0.15) is 0 Å². The van der Waals surface area contributed by atoms with Gasteiger partial charge in [-0.2, -0.15) is 11.8 Å². The summed E-state index contributed by atoms with van der Waals surface area (Å²) < 4.78 is 0.222. The predicted molar refractivity (Wildman–Crippen MR) is 54.4 cm³/mol. The fraction of sp³-hybridized carbons (Fsp3) is 0.875. The smallest absolute Gasteiger partial charge is 0.0934 e. The first-order valence-corrected chi connectivity index (χ1v) is 5.08. The van der Waals surface area contributed by atoms with E-state index in [0.717, 1.165) is 18.8 Å². The predicted octanol–water partition coefficient (Wildman–Crippen LogP) is 1.90. The number of nitrogens with two attached hydrogens (primary N) is 1. The van der Waals surface area contributed by atoms with Gasteiger partial charge in [-0.25, -0.2) is 0 Å². The van der Waals surface area contributed by atoms with E-state index in [1.807, 2.05) is 18.7 Å². The van der Waals surface area contributed by atoms with Crippen LogP contribution >= 0.6 is 11.8 Å². The largest absolute Gasteiger partial charge is 0.387 e. The third kappa shape index (κ3) is 5.13. The van der Waals surface area contributed by atoms with Crippen molar-refractivity contribution in [3.8, 4) is 0 Å². The quantitative estimate of drug-likeness (QED) is 0.522. The van der Waals surface area contributed by atoms with E-state index < -0.39 is 0 Å². The van der Waals surface area contributed by atoms with Crippen LogP contribution in [0.3, 0.4) is 0 Å². The summed E-state index contributed by atoms with van der Waals surface area (Å²) >= 11 is 1.82. The van der Waals surface area contributed by atoms with Crippen molar-refractivity contribution in [3.63, 3.8) is 0 Å². The van der Waals surface area contributed by atoms with E-state index in [1.165, 1.54) is 0 Å². The molecule has 0 spiro atoms. The summed E-state index contributed by atoms with van der Waals surface area (Å²) in [5.74, 6) is 0.757. The molecule has 2 nitrogen and oxygen atoms in total. The molecule has 0 amide bonds. The highest BCUT2D eigenvalue weighted by Crippen LogP contribution is 2.20. The standard InChI is InChI=1S/C8H18N2S/c1-5-7(9)10-6-8(2,3)11-4/h5-6H2,1-4H3,(H2,9,10). The van der Waals surface area contributed by atoms with Crippen molar-refractivity contribution >= 4 is 17.6 Å².